The van der Waals surface area contributed by atoms with E-state index in [0.29, 0.717) is 17.8 Å². The van der Waals surface area contributed by atoms with E-state index < -0.39 is 23.5 Å². The van der Waals surface area contributed by atoms with Crippen LogP contribution >= 0.6 is 23.5 Å². The first-order chi connectivity index (χ1) is 20.9. The van der Waals surface area contributed by atoms with Gasteiger partial charge in [0.2, 0.25) is 0 Å². The van der Waals surface area contributed by atoms with Crippen molar-refractivity contribution < 1.29 is 57.7 Å². The number of hydrogen-bond donors (Lipinski definition) is 9. The summed E-state index contributed by atoms with van der Waals surface area (Å²) in [6, 6.07) is 33.8. The van der Waals surface area contributed by atoms with Crippen molar-refractivity contribution in [3.8, 4) is 0 Å². The van der Waals surface area contributed by atoms with Gasteiger partial charge in [0.25, 0.3) is 0 Å². The van der Waals surface area contributed by atoms with Gasteiger partial charge in [0.05, 0.1) is 0 Å². The van der Waals surface area contributed by atoms with Crippen LogP contribution in [0.3, 0.4) is 0 Å². The van der Waals surface area contributed by atoms with Crippen LogP contribution in [0.4, 0.5) is 0 Å². The second-order valence-corrected chi connectivity index (χ2v) is 13.7. The Morgan fingerprint density at radius 2 is 0.511 bits per heavy atom. The fourth-order valence-corrected chi connectivity index (χ4v) is 5.44. The molecule has 0 saturated heterocycles. The topological polar surface area (TPSA) is 233 Å². The molecule has 45 heavy (non-hydrogen) atoms. The second kappa shape index (κ2) is 21.0. The van der Waals surface area contributed by atoms with E-state index in [-0.39, 0.29) is 0 Å². The molecule has 0 amide bonds. The first-order valence-corrected chi connectivity index (χ1v) is 19.1. The molecule has 15 heteroatoms. The van der Waals surface area contributed by atoms with Gasteiger partial charge in [0, 0.05) is 0 Å². The van der Waals surface area contributed by atoms with E-state index in [2.05, 4.69) is 91.0 Å². The Morgan fingerprint density at radius 3 is 0.667 bits per heavy atom. The molecular weight excluding hydrogens is 645 g/mol. The van der Waals surface area contributed by atoms with E-state index in [9.17, 15) is 0 Å². The Bertz CT molecular complexity index is 1130. The molecule has 3 aromatic carbocycles. The molecule has 252 valence electrons. The third-order valence-electron chi connectivity index (χ3n) is 7.13. The van der Waals surface area contributed by atoms with Crippen molar-refractivity contribution in [2.75, 3.05) is 0 Å². The monoisotopic (exact) mass is 690 g/mol. The highest BCUT2D eigenvalue weighted by molar-refractivity contribution is 7.45. The first kappa shape index (κ1) is 41.0. The van der Waals surface area contributed by atoms with E-state index in [1.54, 1.807) is 16.7 Å². The average molecular weight is 691 g/mol. The van der Waals surface area contributed by atoms with Gasteiger partial charge in [-0.3, -0.25) is 0 Å². The average Bonchev–Trinajstić information content (AvgIpc) is 2.92. The smallest absolute Gasteiger partial charge is 0.303 e. The SMILES string of the molecule is O=P(O)(O)O.O=P(O)(O)O.O=P(O)(O)O.c1ccc(C2CCCC(c3ccccc3)CCCC(c3ccccc3)CCC2)cc1. The number of hydrogen-bond acceptors (Lipinski definition) is 3. The van der Waals surface area contributed by atoms with Crippen molar-refractivity contribution in [2.45, 2.75) is 75.5 Å². The summed E-state index contributed by atoms with van der Waals surface area (Å²) in [6.45, 7) is 0. The molecule has 0 unspecified atom stereocenters. The van der Waals surface area contributed by atoms with Gasteiger partial charge in [-0.25, -0.2) is 13.7 Å². The molecule has 1 aliphatic rings. The van der Waals surface area contributed by atoms with Crippen LogP contribution in [0.15, 0.2) is 91.0 Å². The van der Waals surface area contributed by atoms with Gasteiger partial charge < -0.3 is 44.0 Å². The van der Waals surface area contributed by atoms with E-state index >= 15 is 0 Å². The predicted octanol–water partition coefficient (Wildman–Crippen LogP) is 6.08. The fourth-order valence-electron chi connectivity index (χ4n) is 5.44. The maximum Gasteiger partial charge on any atom is 0.466 e. The first-order valence-electron chi connectivity index (χ1n) is 14.4. The second-order valence-electron chi connectivity index (χ2n) is 10.7. The minimum atomic E-state index is -4.64. The summed E-state index contributed by atoms with van der Waals surface area (Å²) in [4.78, 5) is 64.7. The molecule has 0 atom stereocenters. The molecule has 0 aromatic heterocycles. The predicted molar refractivity (Wildman–Crippen MR) is 172 cm³/mol. The fraction of sp³-hybridized carbons (Fsp3) is 0.400. The Labute approximate surface area is 264 Å². The highest BCUT2D eigenvalue weighted by Crippen LogP contribution is 2.37. The van der Waals surface area contributed by atoms with Gasteiger partial charge in [-0.15, -0.1) is 0 Å². The molecule has 0 radical (unpaired) electrons. The minimum Gasteiger partial charge on any atom is -0.303 e. The molecule has 0 spiro atoms. The van der Waals surface area contributed by atoms with Crippen molar-refractivity contribution in [2.24, 2.45) is 0 Å². The lowest BCUT2D eigenvalue weighted by molar-refractivity contribution is 0.272. The zero-order valence-electron chi connectivity index (χ0n) is 24.8. The summed E-state index contributed by atoms with van der Waals surface area (Å²) in [7, 11) is -13.9. The van der Waals surface area contributed by atoms with Gasteiger partial charge in [0.1, 0.15) is 0 Å². The highest BCUT2D eigenvalue weighted by atomic mass is 31.2. The summed E-state index contributed by atoms with van der Waals surface area (Å²) in [5.41, 5.74) is 4.63. The number of phosphoric acid groups is 3. The van der Waals surface area contributed by atoms with Crippen LogP contribution in [0.2, 0.25) is 0 Å². The molecule has 1 aliphatic carbocycles. The van der Waals surface area contributed by atoms with Gasteiger partial charge in [0.15, 0.2) is 0 Å². The van der Waals surface area contributed by atoms with Gasteiger partial charge in [-0.05, 0) is 73.0 Å². The van der Waals surface area contributed by atoms with Crippen molar-refractivity contribution >= 4 is 23.5 Å². The van der Waals surface area contributed by atoms with Crippen molar-refractivity contribution in [3.05, 3.63) is 108 Å². The van der Waals surface area contributed by atoms with Gasteiger partial charge in [-0.2, -0.15) is 0 Å². The van der Waals surface area contributed by atoms with Gasteiger partial charge in [-0.1, -0.05) is 110 Å². The van der Waals surface area contributed by atoms with Gasteiger partial charge >= 0.3 is 23.5 Å². The molecule has 0 bridgehead atoms. The van der Waals surface area contributed by atoms with Crippen molar-refractivity contribution in [3.63, 3.8) is 0 Å². The van der Waals surface area contributed by atoms with E-state index in [4.69, 9.17) is 57.7 Å². The summed E-state index contributed by atoms with van der Waals surface area (Å²) in [5, 5.41) is 0. The van der Waals surface area contributed by atoms with Crippen LogP contribution in [0.5, 0.6) is 0 Å². The zero-order chi connectivity index (χ0) is 33.9. The molecular formula is C30H45O12P3. The number of benzene rings is 3. The molecule has 12 nitrogen and oxygen atoms in total. The molecule has 0 heterocycles. The Hall–Kier alpha value is -2.01. The van der Waals surface area contributed by atoms with Crippen LogP contribution < -0.4 is 0 Å². The number of rotatable bonds is 3. The quantitative estimate of drug-likeness (QED) is 0.142. The van der Waals surface area contributed by atoms with Crippen LogP contribution in [-0.2, 0) is 13.7 Å². The van der Waals surface area contributed by atoms with Crippen molar-refractivity contribution in [1.29, 1.82) is 0 Å². The summed E-state index contributed by atoms with van der Waals surface area (Å²) >= 11 is 0. The zero-order valence-corrected chi connectivity index (χ0v) is 27.5. The van der Waals surface area contributed by atoms with Crippen molar-refractivity contribution in [1.82, 2.24) is 0 Å². The molecule has 9 N–H and O–H groups in total. The molecule has 0 aliphatic heterocycles. The third kappa shape index (κ3) is 24.8. The lowest BCUT2D eigenvalue weighted by Gasteiger charge is -2.25. The lowest BCUT2D eigenvalue weighted by atomic mass is 9.80. The van der Waals surface area contributed by atoms with Crippen LogP contribution in [-0.4, -0.2) is 44.0 Å². The summed E-state index contributed by atoms with van der Waals surface area (Å²) < 4.78 is 26.6. The molecule has 4 rings (SSSR count). The Morgan fingerprint density at radius 1 is 0.356 bits per heavy atom. The Balaban J connectivity index is 0.000000562. The Kier molecular flexibility index (Phi) is 19.1. The maximum absolute atomic E-state index is 8.88. The lowest BCUT2D eigenvalue weighted by Crippen LogP contribution is -2.07. The minimum absolute atomic E-state index is 0.707. The highest BCUT2D eigenvalue weighted by Gasteiger charge is 2.19. The van der Waals surface area contributed by atoms with E-state index in [1.165, 1.54) is 57.8 Å². The van der Waals surface area contributed by atoms with E-state index in [0.717, 1.165) is 0 Å². The van der Waals surface area contributed by atoms with E-state index in [1.807, 2.05) is 0 Å². The third-order valence-corrected chi connectivity index (χ3v) is 7.13. The standard InChI is InChI=1S/C30H36.3H3O4P/c1-4-13-25(14-5-1)28-19-10-21-29(26-15-6-2-7-16-26)23-12-24-30(22-11-20-28)27-17-8-3-9-18-27;3*1-5(2,3)4/h1-9,13-18,28-30H,10-12,19-24H2;3*(H3,1,2,3,4). The largest absolute Gasteiger partial charge is 0.466 e. The summed E-state index contributed by atoms with van der Waals surface area (Å²) in [5.74, 6) is 2.12. The maximum atomic E-state index is 8.88. The van der Waals surface area contributed by atoms with Crippen LogP contribution in [0, 0.1) is 0 Å². The normalized spacial score (nSPS) is 19.8. The molecule has 1 saturated carbocycles. The molecule has 1 fully saturated rings. The van der Waals surface area contributed by atoms with Crippen LogP contribution in [0.1, 0.15) is 92.2 Å². The summed E-state index contributed by atoms with van der Waals surface area (Å²) in [6.07, 6.45) is 11.9. The molecule has 3 aromatic rings. The van der Waals surface area contributed by atoms with Crippen LogP contribution in [0.25, 0.3) is 0 Å².